The molecule has 0 saturated carbocycles. The second-order valence-electron chi connectivity index (χ2n) is 3.10. The van der Waals surface area contributed by atoms with E-state index in [0.29, 0.717) is 5.56 Å². The number of aliphatic hydroxyl groups is 1. The van der Waals surface area contributed by atoms with E-state index >= 15 is 0 Å². The van der Waals surface area contributed by atoms with E-state index in [1.807, 2.05) is 0 Å². The molecule has 0 aliphatic rings. The molecule has 5 nitrogen and oxygen atoms in total. The molecule has 0 amide bonds. The number of phenols is 2. The molecule has 1 rings (SSSR count). The van der Waals surface area contributed by atoms with Crippen LogP contribution in [0.3, 0.4) is 0 Å². The van der Waals surface area contributed by atoms with E-state index in [0.717, 1.165) is 5.06 Å². The first-order chi connectivity index (χ1) is 6.50. The first-order valence-electron chi connectivity index (χ1n) is 4.10. The molecule has 0 unspecified atom stereocenters. The minimum atomic E-state index is -0.906. The largest absolute Gasteiger partial charge is 0.504 e. The first kappa shape index (κ1) is 10.8. The van der Waals surface area contributed by atoms with E-state index in [2.05, 4.69) is 0 Å². The van der Waals surface area contributed by atoms with E-state index in [1.54, 1.807) is 0 Å². The lowest BCUT2D eigenvalue weighted by Gasteiger charge is -2.15. The van der Waals surface area contributed by atoms with Crippen molar-refractivity contribution in [3.8, 4) is 11.5 Å². The molecule has 0 bridgehead atoms. The fourth-order valence-electron chi connectivity index (χ4n) is 1.10. The highest BCUT2D eigenvalue weighted by Crippen LogP contribution is 2.27. The molecule has 0 fully saturated rings. The summed E-state index contributed by atoms with van der Waals surface area (Å²) in [7, 11) is 1.41. The van der Waals surface area contributed by atoms with Gasteiger partial charge in [-0.2, -0.15) is 5.06 Å². The maximum Gasteiger partial charge on any atom is 0.157 e. The van der Waals surface area contributed by atoms with Crippen LogP contribution >= 0.6 is 0 Å². The summed E-state index contributed by atoms with van der Waals surface area (Å²) in [6, 6.07) is 4.01. The summed E-state index contributed by atoms with van der Waals surface area (Å²) < 4.78 is 0. The van der Waals surface area contributed by atoms with Crippen LogP contribution in [0, 0.1) is 0 Å². The Kier molecular flexibility index (Phi) is 3.29. The van der Waals surface area contributed by atoms with Gasteiger partial charge in [-0.1, -0.05) is 6.07 Å². The van der Waals surface area contributed by atoms with Crippen LogP contribution in [0.25, 0.3) is 0 Å². The topological polar surface area (TPSA) is 84.2 Å². The highest BCUT2D eigenvalue weighted by molar-refractivity contribution is 5.41. The number of phenolic OH excluding ortho intramolecular Hbond substituents is 2. The predicted octanol–water partition coefficient (Wildman–Crippen LogP) is 0.452. The van der Waals surface area contributed by atoms with Gasteiger partial charge in [-0.25, -0.2) is 0 Å². The first-order valence-corrected chi connectivity index (χ1v) is 4.10. The van der Waals surface area contributed by atoms with Crippen LogP contribution in [-0.2, 0) is 0 Å². The molecule has 0 spiro atoms. The number of aromatic hydroxyl groups is 2. The normalized spacial score (nSPS) is 13.1. The molecule has 0 aromatic heterocycles. The molecule has 14 heavy (non-hydrogen) atoms. The summed E-state index contributed by atoms with van der Waals surface area (Å²) in [5, 5.41) is 37.4. The second kappa shape index (κ2) is 4.28. The minimum Gasteiger partial charge on any atom is -0.504 e. The zero-order valence-electron chi connectivity index (χ0n) is 7.75. The van der Waals surface area contributed by atoms with Crippen LogP contribution in [0.5, 0.6) is 11.5 Å². The average molecular weight is 199 g/mol. The molecule has 0 radical (unpaired) electrons. The number of benzene rings is 1. The molecule has 0 heterocycles. The van der Waals surface area contributed by atoms with Gasteiger partial charge < -0.3 is 20.5 Å². The lowest BCUT2D eigenvalue weighted by atomic mass is 10.1. The van der Waals surface area contributed by atoms with Crippen molar-refractivity contribution in [2.45, 2.75) is 6.10 Å². The molecule has 0 aliphatic heterocycles. The molecule has 1 atom stereocenters. The Balaban J connectivity index is 2.80. The van der Waals surface area contributed by atoms with E-state index in [1.165, 1.54) is 25.2 Å². The molecular formula is C9H13NO4. The third kappa shape index (κ3) is 2.59. The average Bonchev–Trinajstić information content (AvgIpc) is 2.08. The Bertz CT molecular complexity index is 314. The Hall–Kier alpha value is -1.30. The van der Waals surface area contributed by atoms with Gasteiger partial charge in [-0.3, -0.25) is 0 Å². The van der Waals surface area contributed by atoms with E-state index in [-0.39, 0.29) is 18.0 Å². The number of hydrogen-bond acceptors (Lipinski definition) is 5. The molecule has 0 saturated heterocycles. The van der Waals surface area contributed by atoms with Crippen molar-refractivity contribution in [3.63, 3.8) is 0 Å². The van der Waals surface area contributed by atoms with Crippen molar-refractivity contribution >= 4 is 0 Å². The van der Waals surface area contributed by atoms with E-state index < -0.39 is 6.10 Å². The van der Waals surface area contributed by atoms with Crippen LogP contribution in [0.4, 0.5) is 0 Å². The van der Waals surface area contributed by atoms with Crippen molar-refractivity contribution in [2.24, 2.45) is 0 Å². The maximum atomic E-state index is 9.51. The van der Waals surface area contributed by atoms with Gasteiger partial charge in [0.15, 0.2) is 11.5 Å². The van der Waals surface area contributed by atoms with Crippen LogP contribution in [0.1, 0.15) is 11.7 Å². The third-order valence-corrected chi connectivity index (χ3v) is 1.82. The van der Waals surface area contributed by atoms with Crippen LogP contribution < -0.4 is 0 Å². The molecular weight excluding hydrogens is 186 g/mol. The highest BCUT2D eigenvalue weighted by atomic mass is 16.5. The summed E-state index contributed by atoms with van der Waals surface area (Å²) in [6.07, 6.45) is -0.906. The minimum absolute atomic E-state index is 0.0320. The van der Waals surface area contributed by atoms with Gasteiger partial charge in [0, 0.05) is 7.05 Å². The Morgan fingerprint density at radius 1 is 1.29 bits per heavy atom. The van der Waals surface area contributed by atoms with E-state index in [4.69, 9.17) is 15.4 Å². The van der Waals surface area contributed by atoms with Gasteiger partial charge in [-0.05, 0) is 17.7 Å². The zero-order chi connectivity index (χ0) is 10.7. The highest BCUT2D eigenvalue weighted by Gasteiger charge is 2.11. The Morgan fingerprint density at radius 2 is 1.93 bits per heavy atom. The summed E-state index contributed by atoms with van der Waals surface area (Å²) in [4.78, 5) is 0. The molecule has 1 aromatic carbocycles. The van der Waals surface area contributed by atoms with Crippen molar-refractivity contribution in [2.75, 3.05) is 13.6 Å². The van der Waals surface area contributed by atoms with Crippen molar-refractivity contribution < 1.29 is 20.5 Å². The Labute approximate surface area is 81.4 Å². The molecule has 1 aromatic rings. The summed E-state index contributed by atoms with van der Waals surface area (Å²) >= 11 is 0. The summed E-state index contributed by atoms with van der Waals surface area (Å²) in [6.45, 7) is 0.0320. The molecule has 78 valence electrons. The van der Waals surface area contributed by atoms with Crippen molar-refractivity contribution in [1.82, 2.24) is 5.06 Å². The van der Waals surface area contributed by atoms with E-state index in [9.17, 15) is 5.11 Å². The summed E-state index contributed by atoms with van der Waals surface area (Å²) in [5.41, 5.74) is 0.432. The standard InChI is InChI=1S/C9H13NO4/c1-10(14)5-9(13)6-2-3-7(11)8(12)4-6/h2-4,9,11-14H,5H2,1H3/t9-/m0/s1. The van der Waals surface area contributed by atoms with Gasteiger partial charge in [0.2, 0.25) is 0 Å². The zero-order valence-corrected chi connectivity index (χ0v) is 7.75. The number of hydrogen-bond donors (Lipinski definition) is 4. The monoisotopic (exact) mass is 199 g/mol. The van der Waals surface area contributed by atoms with Crippen LogP contribution in [-0.4, -0.2) is 39.2 Å². The van der Waals surface area contributed by atoms with Gasteiger partial charge in [-0.15, -0.1) is 0 Å². The molecule has 5 heteroatoms. The van der Waals surface area contributed by atoms with Crippen LogP contribution in [0.15, 0.2) is 18.2 Å². The van der Waals surface area contributed by atoms with Gasteiger partial charge in [0.25, 0.3) is 0 Å². The number of aliphatic hydroxyl groups excluding tert-OH is 1. The Morgan fingerprint density at radius 3 is 2.43 bits per heavy atom. The number of hydroxylamine groups is 2. The van der Waals surface area contributed by atoms with Gasteiger partial charge >= 0.3 is 0 Å². The number of nitrogens with zero attached hydrogens (tertiary/aromatic N) is 1. The number of rotatable bonds is 3. The SMILES string of the molecule is CN(O)C[C@H](O)c1ccc(O)c(O)c1. The quantitative estimate of drug-likeness (QED) is 0.419. The maximum absolute atomic E-state index is 9.51. The summed E-state index contributed by atoms with van der Waals surface area (Å²) in [5.74, 6) is -0.527. The smallest absolute Gasteiger partial charge is 0.157 e. The fourth-order valence-corrected chi connectivity index (χ4v) is 1.10. The third-order valence-electron chi connectivity index (χ3n) is 1.82. The van der Waals surface area contributed by atoms with Gasteiger partial charge in [0.1, 0.15) is 0 Å². The number of likely N-dealkylation sites (N-methyl/N-ethyl adjacent to an activating group) is 1. The van der Waals surface area contributed by atoms with Crippen LogP contribution in [0.2, 0.25) is 0 Å². The lowest BCUT2D eigenvalue weighted by molar-refractivity contribution is -0.0906. The van der Waals surface area contributed by atoms with Gasteiger partial charge in [0.05, 0.1) is 12.6 Å². The van der Waals surface area contributed by atoms with Crippen molar-refractivity contribution in [3.05, 3.63) is 23.8 Å². The molecule has 4 N–H and O–H groups in total. The lowest BCUT2D eigenvalue weighted by Crippen LogP contribution is -2.20. The fraction of sp³-hybridized carbons (Fsp3) is 0.333. The van der Waals surface area contributed by atoms with Crippen molar-refractivity contribution in [1.29, 1.82) is 0 Å². The molecule has 0 aliphatic carbocycles. The second-order valence-corrected chi connectivity index (χ2v) is 3.10. The predicted molar refractivity (Wildman–Crippen MR) is 49.1 cm³/mol.